The number of piperazine rings is 1. The first-order valence-corrected chi connectivity index (χ1v) is 7.14. The van der Waals surface area contributed by atoms with Gasteiger partial charge in [0.05, 0.1) is 0 Å². The molecule has 19 heavy (non-hydrogen) atoms. The standard InChI is InChI=1S/C14H21BN2O2/c18-15(19)13-5-3-12(4-6-13)10-16-8-9-17-7-1-2-14(17)11-16/h3-6,14,18-19H,1-2,7-11H2. The molecule has 4 nitrogen and oxygen atoms in total. The molecule has 1 atom stereocenters. The van der Waals surface area contributed by atoms with Crippen LogP contribution in [-0.2, 0) is 6.54 Å². The summed E-state index contributed by atoms with van der Waals surface area (Å²) in [6.07, 6.45) is 2.69. The molecule has 2 fully saturated rings. The molecule has 5 heteroatoms. The number of rotatable bonds is 3. The van der Waals surface area contributed by atoms with Gasteiger partial charge in [0.15, 0.2) is 0 Å². The molecular weight excluding hydrogens is 239 g/mol. The molecule has 0 spiro atoms. The molecule has 0 amide bonds. The van der Waals surface area contributed by atoms with Crippen LogP contribution in [0.1, 0.15) is 18.4 Å². The first-order valence-electron chi connectivity index (χ1n) is 7.14. The fourth-order valence-corrected chi connectivity index (χ4v) is 3.25. The summed E-state index contributed by atoms with van der Waals surface area (Å²) in [4.78, 5) is 5.12. The van der Waals surface area contributed by atoms with E-state index in [0.29, 0.717) is 5.46 Å². The second kappa shape index (κ2) is 5.63. The van der Waals surface area contributed by atoms with E-state index < -0.39 is 7.12 Å². The van der Waals surface area contributed by atoms with Crippen LogP contribution < -0.4 is 5.46 Å². The lowest BCUT2D eigenvalue weighted by atomic mass is 9.80. The lowest BCUT2D eigenvalue weighted by Gasteiger charge is -2.37. The predicted octanol–water partition coefficient (Wildman–Crippen LogP) is -0.354. The van der Waals surface area contributed by atoms with Crippen LogP contribution in [0.2, 0.25) is 0 Å². The maximum Gasteiger partial charge on any atom is 0.488 e. The van der Waals surface area contributed by atoms with Gasteiger partial charge in [-0.3, -0.25) is 9.80 Å². The van der Waals surface area contributed by atoms with Gasteiger partial charge in [0.2, 0.25) is 0 Å². The number of hydrogen-bond donors (Lipinski definition) is 2. The zero-order chi connectivity index (χ0) is 13.2. The van der Waals surface area contributed by atoms with Crippen LogP contribution in [0.3, 0.4) is 0 Å². The minimum absolute atomic E-state index is 0.560. The van der Waals surface area contributed by atoms with Crippen molar-refractivity contribution in [2.24, 2.45) is 0 Å². The summed E-state index contributed by atoms with van der Waals surface area (Å²) in [5, 5.41) is 18.2. The summed E-state index contributed by atoms with van der Waals surface area (Å²) in [7, 11) is -1.36. The molecular formula is C14H21BN2O2. The van der Waals surface area contributed by atoms with Gasteiger partial charge in [-0.15, -0.1) is 0 Å². The van der Waals surface area contributed by atoms with E-state index in [4.69, 9.17) is 10.0 Å². The number of benzene rings is 1. The summed E-state index contributed by atoms with van der Waals surface area (Å²) < 4.78 is 0. The Morgan fingerprint density at radius 1 is 1.11 bits per heavy atom. The predicted molar refractivity (Wildman–Crippen MR) is 76.1 cm³/mol. The highest BCUT2D eigenvalue weighted by Crippen LogP contribution is 2.22. The first kappa shape index (κ1) is 13.1. The van der Waals surface area contributed by atoms with Crippen molar-refractivity contribution in [1.29, 1.82) is 0 Å². The van der Waals surface area contributed by atoms with Gasteiger partial charge in [-0.25, -0.2) is 0 Å². The summed E-state index contributed by atoms with van der Waals surface area (Å²) in [6, 6.07) is 8.34. The van der Waals surface area contributed by atoms with Crippen LogP contribution in [-0.4, -0.2) is 59.2 Å². The van der Waals surface area contributed by atoms with Crippen LogP contribution in [0.25, 0.3) is 0 Å². The molecule has 102 valence electrons. The van der Waals surface area contributed by atoms with E-state index in [9.17, 15) is 0 Å². The third kappa shape index (κ3) is 3.00. The molecule has 1 unspecified atom stereocenters. The van der Waals surface area contributed by atoms with Crippen LogP contribution in [0.4, 0.5) is 0 Å². The van der Waals surface area contributed by atoms with Gasteiger partial charge in [-0.1, -0.05) is 24.3 Å². The Morgan fingerprint density at radius 2 is 1.89 bits per heavy atom. The van der Waals surface area contributed by atoms with Gasteiger partial charge in [0.1, 0.15) is 0 Å². The maximum absolute atomic E-state index is 9.08. The summed E-state index contributed by atoms with van der Waals surface area (Å²) in [6.45, 7) is 5.75. The van der Waals surface area contributed by atoms with E-state index >= 15 is 0 Å². The molecule has 1 aromatic rings. The largest absolute Gasteiger partial charge is 0.488 e. The average molecular weight is 260 g/mol. The van der Waals surface area contributed by atoms with E-state index in [-0.39, 0.29) is 0 Å². The van der Waals surface area contributed by atoms with Crippen LogP contribution in [0.5, 0.6) is 0 Å². The van der Waals surface area contributed by atoms with E-state index in [1.807, 2.05) is 12.1 Å². The van der Waals surface area contributed by atoms with Crippen molar-refractivity contribution in [2.75, 3.05) is 26.2 Å². The number of fused-ring (bicyclic) bond motifs is 1. The molecule has 0 aromatic heterocycles. The smallest absolute Gasteiger partial charge is 0.423 e. The normalized spacial score (nSPS) is 24.4. The molecule has 2 aliphatic heterocycles. The maximum atomic E-state index is 9.08. The van der Waals surface area contributed by atoms with Crippen molar-refractivity contribution in [3.8, 4) is 0 Å². The molecule has 3 rings (SSSR count). The SMILES string of the molecule is OB(O)c1ccc(CN2CCN3CCCC3C2)cc1. The number of hydrogen-bond acceptors (Lipinski definition) is 4. The fraction of sp³-hybridized carbons (Fsp3) is 0.571. The Bertz CT molecular complexity index is 424. The molecule has 1 aromatic carbocycles. The molecule has 2 saturated heterocycles. The average Bonchev–Trinajstić information content (AvgIpc) is 2.87. The first-order chi connectivity index (χ1) is 9.22. The van der Waals surface area contributed by atoms with Crippen molar-refractivity contribution in [3.63, 3.8) is 0 Å². The van der Waals surface area contributed by atoms with Crippen molar-refractivity contribution < 1.29 is 10.0 Å². The van der Waals surface area contributed by atoms with Gasteiger partial charge in [-0.05, 0) is 30.4 Å². The van der Waals surface area contributed by atoms with Gasteiger partial charge in [-0.2, -0.15) is 0 Å². The van der Waals surface area contributed by atoms with Crippen LogP contribution in [0, 0.1) is 0 Å². The Hall–Kier alpha value is -0.875. The van der Waals surface area contributed by atoms with E-state index in [1.165, 1.54) is 38.0 Å². The minimum Gasteiger partial charge on any atom is -0.423 e. The van der Waals surface area contributed by atoms with Crippen molar-refractivity contribution >= 4 is 12.6 Å². The number of nitrogens with zero attached hydrogens (tertiary/aromatic N) is 2. The van der Waals surface area contributed by atoms with Gasteiger partial charge in [0.25, 0.3) is 0 Å². The zero-order valence-corrected chi connectivity index (χ0v) is 11.2. The second-order valence-electron chi connectivity index (χ2n) is 5.68. The Labute approximate surface area is 114 Å². The molecule has 2 heterocycles. The third-order valence-corrected chi connectivity index (χ3v) is 4.36. The van der Waals surface area contributed by atoms with Crippen molar-refractivity contribution in [2.45, 2.75) is 25.4 Å². The summed E-state index contributed by atoms with van der Waals surface area (Å²) in [5.41, 5.74) is 1.81. The highest BCUT2D eigenvalue weighted by molar-refractivity contribution is 6.58. The quantitative estimate of drug-likeness (QED) is 0.729. The molecule has 2 N–H and O–H groups in total. The molecule has 2 aliphatic rings. The highest BCUT2D eigenvalue weighted by atomic mass is 16.4. The van der Waals surface area contributed by atoms with Gasteiger partial charge >= 0.3 is 7.12 Å². The molecule has 0 aliphatic carbocycles. The van der Waals surface area contributed by atoms with Crippen LogP contribution >= 0.6 is 0 Å². The van der Waals surface area contributed by atoms with Crippen molar-refractivity contribution in [1.82, 2.24) is 9.80 Å². The monoisotopic (exact) mass is 260 g/mol. The van der Waals surface area contributed by atoms with Crippen molar-refractivity contribution in [3.05, 3.63) is 29.8 Å². The van der Waals surface area contributed by atoms with Crippen LogP contribution in [0.15, 0.2) is 24.3 Å². The molecule has 0 bridgehead atoms. The molecule has 0 saturated carbocycles. The lowest BCUT2D eigenvalue weighted by Crippen LogP contribution is -2.49. The van der Waals surface area contributed by atoms with E-state index in [1.54, 1.807) is 12.1 Å². The summed E-state index contributed by atoms with van der Waals surface area (Å²) >= 11 is 0. The Morgan fingerprint density at radius 3 is 2.63 bits per heavy atom. The highest BCUT2D eigenvalue weighted by Gasteiger charge is 2.30. The Balaban J connectivity index is 1.59. The van der Waals surface area contributed by atoms with E-state index in [2.05, 4.69) is 9.80 Å². The van der Waals surface area contributed by atoms with E-state index in [0.717, 1.165) is 19.1 Å². The minimum atomic E-state index is -1.36. The summed E-state index contributed by atoms with van der Waals surface area (Å²) in [5.74, 6) is 0. The van der Waals surface area contributed by atoms with Gasteiger partial charge in [0, 0.05) is 32.2 Å². The Kier molecular flexibility index (Phi) is 3.89. The fourth-order valence-electron chi connectivity index (χ4n) is 3.25. The second-order valence-corrected chi connectivity index (χ2v) is 5.68. The topological polar surface area (TPSA) is 46.9 Å². The molecule has 0 radical (unpaired) electrons. The third-order valence-electron chi connectivity index (χ3n) is 4.36. The zero-order valence-electron chi connectivity index (χ0n) is 11.2. The lowest BCUT2D eigenvalue weighted by molar-refractivity contribution is 0.0994. The van der Waals surface area contributed by atoms with Gasteiger partial charge < -0.3 is 10.0 Å².